The number of halogens is 2. The highest BCUT2D eigenvalue weighted by molar-refractivity contribution is 7.47. The second-order valence-electron chi connectivity index (χ2n) is 2.36. The van der Waals surface area contributed by atoms with Gasteiger partial charge >= 0.3 is 7.82 Å². The Bertz CT molecular complexity index is 397. The van der Waals surface area contributed by atoms with Gasteiger partial charge < -0.3 is 9.78 Å². The van der Waals surface area contributed by atoms with Crippen molar-refractivity contribution in [3.8, 4) is 5.75 Å². The van der Waals surface area contributed by atoms with E-state index in [0.717, 1.165) is 25.3 Å². The SMILES string of the molecule is COP(=O)(O)OOc1cccc(F)c1F. The van der Waals surface area contributed by atoms with Crippen molar-refractivity contribution in [2.45, 2.75) is 0 Å². The van der Waals surface area contributed by atoms with Crippen LogP contribution in [-0.2, 0) is 13.8 Å². The summed E-state index contributed by atoms with van der Waals surface area (Å²) in [5.41, 5.74) is 0. The molecule has 15 heavy (non-hydrogen) atoms. The molecule has 8 heteroatoms. The number of hydrogen-bond acceptors (Lipinski definition) is 4. The maximum Gasteiger partial charge on any atom is 0.508 e. The van der Waals surface area contributed by atoms with Crippen molar-refractivity contribution in [3.63, 3.8) is 0 Å². The highest BCUT2D eigenvalue weighted by Crippen LogP contribution is 2.42. The van der Waals surface area contributed by atoms with Crippen molar-refractivity contribution < 1.29 is 32.3 Å². The Morgan fingerprint density at radius 2 is 2.07 bits per heavy atom. The van der Waals surface area contributed by atoms with E-state index in [1.54, 1.807) is 0 Å². The maximum atomic E-state index is 12.9. The molecule has 0 heterocycles. The van der Waals surface area contributed by atoms with Crippen LogP contribution in [0.4, 0.5) is 8.78 Å². The van der Waals surface area contributed by atoms with Crippen LogP contribution in [0, 0.1) is 11.6 Å². The molecule has 1 rings (SSSR count). The Labute approximate surface area is 83.7 Å². The Morgan fingerprint density at radius 1 is 1.40 bits per heavy atom. The molecule has 0 fully saturated rings. The second kappa shape index (κ2) is 4.67. The summed E-state index contributed by atoms with van der Waals surface area (Å²) in [5, 5.41) is 0. The molecule has 0 aliphatic rings. The first-order valence-corrected chi connectivity index (χ1v) is 5.14. The van der Waals surface area contributed by atoms with E-state index in [1.807, 2.05) is 0 Å². The van der Waals surface area contributed by atoms with Crippen molar-refractivity contribution >= 4 is 7.82 Å². The first-order valence-electron chi connectivity index (χ1n) is 3.65. The van der Waals surface area contributed by atoms with Gasteiger partial charge in [0.1, 0.15) is 0 Å². The largest absolute Gasteiger partial charge is 0.508 e. The highest BCUT2D eigenvalue weighted by atomic mass is 31.2. The van der Waals surface area contributed by atoms with Crippen molar-refractivity contribution in [2.24, 2.45) is 0 Å². The van der Waals surface area contributed by atoms with Gasteiger partial charge in [0.15, 0.2) is 5.82 Å². The summed E-state index contributed by atoms with van der Waals surface area (Å²) in [4.78, 5) is 12.8. The molecule has 1 atom stereocenters. The lowest BCUT2D eigenvalue weighted by molar-refractivity contribution is -0.128. The molecule has 84 valence electrons. The van der Waals surface area contributed by atoms with Crippen LogP contribution in [0.1, 0.15) is 0 Å². The third-order valence-electron chi connectivity index (χ3n) is 1.37. The molecule has 0 spiro atoms. The van der Waals surface area contributed by atoms with E-state index in [1.165, 1.54) is 0 Å². The molecular weight excluding hydrogens is 233 g/mol. The lowest BCUT2D eigenvalue weighted by Crippen LogP contribution is -1.99. The van der Waals surface area contributed by atoms with Crippen LogP contribution in [0.5, 0.6) is 5.75 Å². The van der Waals surface area contributed by atoms with Crippen molar-refractivity contribution in [3.05, 3.63) is 29.8 Å². The van der Waals surface area contributed by atoms with Gasteiger partial charge in [-0.15, -0.1) is 0 Å². The smallest absolute Gasteiger partial charge is 0.324 e. The van der Waals surface area contributed by atoms with Crippen molar-refractivity contribution in [1.29, 1.82) is 0 Å². The monoisotopic (exact) mass is 240 g/mol. The van der Waals surface area contributed by atoms with Crippen LogP contribution in [0.25, 0.3) is 0 Å². The van der Waals surface area contributed by atoms with Gasteiger partial charge in [0, 0.05) is 7.11 Å². The van der Waals surface area contributed by atoms with Gasteiger partial charge in [0.2, 0.25) is 11.6 Å². The summed E-state index contributed by atoms with van der Waals surface area (Å²) in [7, 11) is -3.49. The van der Waals surface area contributed by atoms with Gasteiger partial charge in [-0.05, 0) is 12.1 Å². The number of hydrogen-bond donors (Lipinski definition) is 1. The van der Waals surface area contributed by atoms with Crippen LogP contribution in [0.15, 0.2) is 18.2 Å². The standard InChI is InChI=1S/C7H7F2O5P/c1-12-15(10,11)14-13-6-4-2-3-5(8)7(6)9/h2-4H,1H3,(H,10,11). The van der Waals surface area contributed by atoms with Crippen LogP contribution in [0.3, 0.4) is 0 Å². The summed E-state index contributed by atoms with van der Waals surface area (Å²) in [6.45, 7) is 0. The Balaban J connectivity index is 2.74. The quantitative estimate of drug-likeness (QED) is 0.495. The summed E-state index contributed by atoms with van der Waals surface area (Å²) in [5.74, 6) is -3.14. The zero-order chi connectivity index (χ0) is 11.5. The fraction of sp³-hybridized carbons (Fsp3) is 0.143. The van der Waals surface area contributed by atoms with Gasteiger partial charge in [0.05, 0.1) is 0 Å². The van der Waals surface area contributed by atoms with Crippen LogP contribution < -0.4 is 4.89 Å². The third kappa shape index (κ3) is 3.24. The molecule has 1 aromatic carbocycles. The molecule has 0 saturated carbocycles. The summed E-state index contributed by atoms with van der Waals surface area (Å²) in [6, 6.07) is 3.03. The topological polar surface area (TPSA) is 65.0 Å². The van der Waals surface area contributed by atoms with E-state index < -0.39 is 25.2 Å². The fourth-order valence-corrected chi connectivity index (χ4v) is 0.901. The molecule has 0 aliphatic heterocycles. The molecule has 1 N–H and O–H groups in total. The van der Waals surface area contributed by atoms with Gasteiger partial charge in [-0.2, -0.15) is 4.39 Å². The van der Waals surface area contributed by atoms with Gasteiger partial charge in [0.25, 0.3) is 0 Å². The molecule has 0 aliphatic carbocycles. The first-order chi connectivity index (χ1) is 6.96. The highest BCUT2D eigenvalue weighted by Gasteiger charge is 2.22. The predicted octanol–water partition coefficient (Wildman–Crippen LogP) is 2.02. The minimum absolute atomic E-state index is 0.652. The zero-order valence-electron chi connectivity index (χ0n) is 7.52. The molecule has 0 aromatic heterocycles. The average Bonchev–Trinajstić information content (AvgIpc) is 2.20. The first kappa shape index (κ1) is 12.1. The zero-order valence-corrected chi connectivity index (χ0v) is 8.41. The van der Waals surface area contributed by atoms with E-state index >= 15 is 0 Å². The molecule has 1 aromatic rings. The molecule has 1 unspecified atom stereocenters. The summed E-state index contributed by atoms with van der Waals surface area (Å²) < 4.78 is 44.1. The molecule has 0 radical (unpaired) electrons. The van der Waals surface area contributed by atoms with E-state index in [0.29, 0.717) is 0 Å². The minimum atomic E-state index is -4.39. The third-order valence-corrected chi connectivity index (χ3v) is 2.09. The summed E-state index contributed by atoms with van der Waals surface area (Å²) >= 11 is 0. The van der Waals surface area contributed by atoms with Crippen molar-refractivity contribution in [2.75, 3.05) is 7.11 Å². The number of benzene rings is 1. The van der Waals surface area contributed by atoms with Gasteiger partial charge in [-0.25, -0.2) is 8.96 Å². The molecule has 5 nitrogen and oxygen atoms in total. The Kier molecular flexibility index (Phi) is 3.76. The van der Waals surface area contributed by atoms with E-state index in [2.05, 4.69) is 14.1 Å². The van der Waals surface area contributed by atoms with Crippen LogP contribution >= 0.6 is 7.82 Å². The lowest BCUT2D eigenvalue weighted by atomic mass is 10.3. The number of rotatable bonds is 4. The molecule has 0 amide bonds. The Hall–Kier alpha value is -1.01. The van der Waals surface area contributed by atoms with Gasteiger partial charge in [-0.3, -0.25) is 4.52 Å². The Morgan fingerprint density at radius 3 is 2.67 bits per heavy atom. The second-order valence-corrected chi connectivity index (χ2v) is 3.81. The lowest BCUT2D eigenvalue weighted by Gasteiger charge is -2.08. The van der Waals surface area contributed by atoms with Crippen molar-refractivity contribution in [1.82, 2.24) is 0 Å². The molecule has 0 saturated heterocycles. The van der Waals surface area contributed by atoms with E-state index in [4.69, 9.17) is 4.89 Å². The summed E-state index contributed by atoms with van der Waals surface area (Å²) in [6.07, 6.45) is 0. The minimum Gasteiger partial charge on any atom is -0.324 e. The number of phosphoric acid groups is 1. The fourth-order valence-electron chi connectivity index (χ4n) is 0.666. The maximum absolute atomic E-state index is 12.9. The van der Waals surface area contributed by atoms with E-state index in [9.17, 15) is 13.3 Å². The normalized spacial score (nSPS) is 14.7. The van der Waals surface area contributed by atoms with Gasteiger partial charge in [-0.1, -0.05) is 10.7 Å². The molecular formula is C7H7F2O5P. The molecule has 0 bridgehead atoms. The van der Waals surface area contributed by atoms with E-state index in [-0.39, 0.29) is 0 Å². The predicted molar refractivity (Wildman–Crippen MR) is 44.9 cm³/mol. The number of phosphoric ester groups is 1. The average molecular weight is 240 g/mol. The van der Waals surface area contributed by atoms with Crippen LogP contribution in [0.2, 0.25) is 0 Å². The van der Waals surface area contributed by atoms with Crippen LogP contribution in [-0.4, -0.2) is 12.0 Å².